The van der Waals surface area contributed by atoms with Crippen molar-refractivity contribution in [3.63, 3.8) is 0 Å². The second-order valence-electron chi connectivity index (χ2n) is 5.59. The van der Waals surface area contributed by atoms with Crippen molar-refractivity contribution in [2.24, 2.45) is 0 Å². The van der Waals surface area contributed by atoms with Crippen molar-refractivity contribution in [2.45, 2.75) is 57.9 Å². The van der Waals surface area contributed by atoms with Crippen LogP contribution in [0.1, 0.15) is 49.7 Å². The van der Waals surface area contributed by atoms with Crippen LogP contribution in [0.3, 0.4) is 0 Å². The Morgan fingerprint density at radius 1 is 1.21 bits per heavy atom. The summed E-state index contributed by atoms with van der Waals surface area (Å²) in [4.78, 5) is 0. The molecule has 2 rings (SSSR count). The largest absolute Gasteiger partial charge is 0.314 e. The minimum atomic E-state index is -0.208. The lowest BCUT2D eigenvalue weighted by Gasteiger charge is -2.07. The van der Waals surface area contributed by atoms with E-state index < -0.39 is 0 Å². The predicted molar refractivity (Wildman–Crippen MR) is 79.3 cm³/mol. The molecule has 0 heterocycles. The molecule has 1 aliphatic rings. The molecule has 1 fully saturated rings. The van der Waals surface area contributed by atoms with Crippen LogP contribution >= 0.6 is 11.6 Å². The van der Waals surface area contributed by atoms with Crippen LogP contribution in [0.5, 0.6) is 0 Å². The van der Waals surface area contributed by atoms with Crippen LogP contribution in [-0.4, -0.2) is 12.6 Å². The van der Waals surface area contributed by atoms with Crippen LogP contribution in [0, 0.1) is 12.7 Å². The van der Waals surface area contributed by atoms with Gasteiger partial charge in [-0.25, -0.2) is 4.39 Å². The monoisotopic (exact) mass is 283 g/mol. The van der Waals surface area contributed by atoms with Gasteiger partial charge < -0.3 is 5.32 Å². The summed E-state index contributed by atoms with van der Waals surface area (Å²) in [7, 11) is 0. The van der Waals surface area contributed by atoms with E-state index in [4.69, 9.17) is 11.6 Å². The van der Waals surface area contributed by atoms with Crippen molar-refractivity contribution in [1.82, 2.24) is 5.32 Å². The minimum absolute atomic E-state index is 0.208. The lowest BCUT2D eigenvalue weighted by molar-refractivity contribution is 0.584. The average molecular weight is 284 g/mol. The van der Waals surface area contributed by atoms with Gasteiger partial charge in [0.25, 0.3) is 0 Å². The molecule has 1 aliphatic carbocycles. The van der Waals surface area contributed by atoms with Crippen molar-refractivity contribution < 1.29 is 4.39 Å². The van der Waals surface area contributed by atoms with E-state index in [1.165, 1.54) is 38.2 Å². The van der Waals surface area contributed by atoms with Crippen LogP contribution in [0.15, 0.2) is 12.1 Å². The highest BCUT2D eigenvalue weighted by Crippen LogP contribution is 2.22. The number of rotatable bonds is 8. The smallest absolute Gasteiger partial charge is 0.127 e. The molecule has 0 spiro atoms. The third-order valence-electron chi connectivity index (χ3n) is 3.71. The van der Waals surface area contributed by atoms with E-state index in [1.54, 1.807) is 6.92 Å². The van der Waals surface area contributed by atoms with Crippen LogP contribution in [-0.2, 0) is 6.42 Å². The average Bonchev–Trinajstić information content (AvgIpc) is 3.18. The molecule has 106 valence electrons. The van der Waals surface area contributed by atoms with Gasteiger partial charge in [-0.2, -0.15) is 0 Å². The second kappa shape index (κ2) is 7.25. The van der Waals surface area contributed by atoms with E-state index in [-0.39, 0.29) is 5.82 Å². The summed E-state index contributed by atoms with van der Waals surface area (Å²) in [6.07, 6.45) is 8.55. The maximum atomic E-state index is 13.3. The molecule has 1 N–H and O–H groups in total. The van der Waals surface area contributed by atoms with E-state index in [2.05, 4.69) is 5.32 Å². The summed E-state index contributed by atoms with van der Waals surface area (Å²) in [6.45, 7) is 2.94. The van der Waals surface area contributed by atoms with E-state index in [0.717, 1.165) is 31.0 Å². The Morgan fingerprint density at radius 2 is 1.95 bits per heavy atom. The molecule has 0 bridgehead atoms. The van der Waals surface area contributed by atoms with Gasteiger partial charge in [0.2, 0.25) is 0 Å². The van der Waals surface area contributed by atoms with Gasteiger partial charge >= 0.3 is 0 Å². The van der Waals surface area contributed by atoms with Gasteiger partial charge in [-0.05, 0) is 62.8 Å². The first-order chi connectivity index (χ1) is 9.16. The maximum absolute atomic E-state index is 13.3. The molecular weight excluding hydrogens is 261 g/mol. The van der Waals surface area contributed by atoms with Crippen LogP contribution in [0.2, 0.25) is 5.02 Å². The fraction of sp³-hybridized carbons (Fsp3) is 0.625. The maximum Gasteiger partial charge on any atom is 0.127 e. The predicted octanol–water partition coefficient (Wildman–Crippen LogP) is 4.64. The minimum Gasteiger partial charge on any atom is -0.314 e. The van der Waals surface area contributed by atoms with Gasteiger partial charge in [0.1, 0.15) is 5.82 Å². The summed E-state index contributed by atoms with van der Waals surface area (Å²) in [6, 6.07) is 4.14. The lowest BCUT2D eigenvalue weighted by atomic mass is 10.0. The number of nitrogens with one attached hydrogen (secondary N) is 1. The fourth-order valence-electron chi connectivity index (χ4n) is 2.30. The summed E-state index contributed by atoms with van der Waals surface area (Å²) < 4.78 is 13.3. The zero-order valence-electron chi connectivity index (χ0n) is 11.6. The van der Waals surface area contributed by atoms with Crippen molar-refractivity contribution >= 4 is 11.6 Å². The number of halogens is 2. The first-order valence-corrected chi connectivity index (χ1v) is 7.72. The van der Waals surface area contributed by atoms with E-state index in [9.17, 15) is 4.39 Å². The molecule has 0 amide bonds. The summed E-state index contributed by atoms with van der Waals surface area (Å²) in [5, 5.41) is 4.09. The van der Waals surface area contributed by atoms with Gasteiger partial charge in [0, 0.05) is 11.1 Å². The van der Waals surface area contributed by atoms with E-state index >= 15 is 0 Å². The highest BCUT2D eigenvalue weighted by molar-refractivity contribution is 6.31. The molecule has 1 saturated carbocycles. The van der Waals surface area contributed by atoms with Gasteiger partial charge in [-0.15, -0.1) is 0 Å². The number of aryl methyl sites for hydroxylation is 2. The summed E-state index contributed by atoms with van der Waals surface area (Å²) in [5.74, 6) is -0.208. The molecule has 1 aromatic rings. The highest BCUT2D eigenvalue weighted by atomic mass is 35.5. The van der Waals surface area contributed by atoms with Crippen molar-refractivity contribution in [1.29, 1.82) is 0 Å². The lowest BCUT2D eigenvalue weighted by Crippen LogP contribution is -2.17. The Kier molecular flexibility index (Phi) is 5.65. The topological polar surface area (TPSA) is 12.0 Å². The highest BCUT2D eigenvalue weighted by Gasteiger charge is 2.19. The zero-order valence-corrected chi connectivity index (χ0v) is 12.4. The molecule has 0 unspecified atom stereocenters. The quantitative estimate of drug-likeness (QED) is 0.685. The van der Waals surface area contributed by atoms with Crippen molar-refractivity contribution in [3.05, 3.63) is 34.1 Å². The molecule has 1 nitrogen and oxygen atoms in total. The second-order valence-corrected chi connectivity index (χ2v) is 5.99. The Labute approximate surface area is 120 Å². The SMILES string of the molecule is Cc1cc(CCCCCCNC2CC2)c(Cl)cc1F. The molecule has 1 aromatic carbocycles. The van der Waals surface area contributed by atoms with Gasteiger partial charge in [0.05, 0.1) is 0 Å². The first kappa shape index (κ1) is 14.8. The third-order valence-corrected chi connectivity index (χ3v) is 4.06. The third kappa shape index (κ3) is 5.12. The number of unbranched alkanes of at least 4 members (excludes halogenated alkanes) is 3. The molecule has 0 aliphatic heterocycles. The molecule has 0 atom stereocenters. The van der Waals surface area contributed by atoms with Crippen LogP contribution in [0.4, 0.5) is 4.39 Å². The Morgan fingerprint density at radius 3 is 2.68 bits per heavy atom. The van der Waals surface area contributed by atoms with Gasteiger partial charge in [0.15, 0.2) is 0 Å². The van der Waals surface area contributed by atoms with Crippen molar-refractivity contribution in [2.75, 3.05) is 6.54 Å². The van der Waals surface area contributed by atoms with E-state index in [1.807, 2.05) is 6.07 Å². The summed E-state index contributed by atoms with van der Waals surface area (Å²) in [5.41, 5.74) is 1.77. The standard InChI is InChI=1S/C16H23ClFN/c1-12-10-13(15(17)11-16(12)18)6-4-2-3-5-9-19-14-7-8-14/h10-11,14,19H,2-9H2,1H3. The fourth-order valence-corrected chi connectivity index (χ4v) is 2.54. The first-order valence-electron chi connectivity index (χ1n) is 7.34. The molecule has 3 heteroatoms. The van der Waals surface area contributed by atoms with Crippen LogP contribution in [0.25, 0.3) is 0 Å². The molecular formula is C16H23ClFN. The molecule has 0 radical (unpaired) electrons. The Hall–Kier alpha value is -0.600. The molecule has 0 aromatic heterocycles. The van der Waals surface area contributed by atoms with E-state index in [0.29, 0.717) is 10.6 Å². The van der Waals surface area contributed by atoms with Gasteiger partial charge in [-0.1, -0.05) is 30.5 Å². The number of hydrogen-bond donors (Lipinski definition) is 1. The Balaban J connectivity index is 1.60. The molecule has 19 heavy (non-hydrogen) atoms. The van der Waals surface area contributed by atoms with Crippen molar-refractivity contribution in [3.8, 4) is 0 Å². The number of benzene rings is 1. The summed E-state index contributed by atoms with van der Waals surface area (Å²) >= 11 is 6.06. The van der Waals surface area contributed by atoms with Gasteiger partial charge in [-0.3, -0.25) is 0 Å². The normalized spacial score (nSPS) is 14.9. The Bertz CT molecular complexity index is 415. The zero-order chi connectivity index (χ0) is 13.7. The number of hydrogen-bond acceptors (Lipinski definition) is 1. The van der Waals surface area contributed by atoms with Crippen LogP contribution < -0.4 is 5.32 Å². The molecule has 0 saturated heterocycles.